The first-order valence-electron chi connectivity index (χ1n) is 6.69. The van der Waals surface area contributed by atoms with Gasteiger partial charge in [0.2, 0.25) is 0 Å². The summed E-state index contributed by atoms with van der Waals surface area (Å²) >= 11 is 0. The summed E-state index contributed by atoms with van der Waals surface area (Å²) in [5.41, 5.74) is 2.20. The number of methoxy groups -OCH3 is 2. The Morgan fingerprint density at radius 3 is 2.57 bits per heavy atom. The zero-order valence-corrected chi connectivity index (χ0v) is 12.4. The Morgan fingerprint density at radius 1 is 1.24 bits per heavy atom. The molecule has 0 bridgehead atoms. The van der Waals surface area contributed by atoms with Crippen LogP contribution in [0.15, 0.2) is 34.9 Å². The Hall–Kier alpha value is -2.43. The van der Waals surface area contributed by atoms with Crippen LogP contribution >= 0.6 is 0 Å². The molecule has 0 fully saturated rings. The van der Waals surface area contributed by atoms with Gasteiger partial charge in [-0.2, -0.15) is 0 Å². The molecule has 0 saturated carbocycles. The van der Waals surface area contributed by atoms with Gasteiger partial charge in [-0.05, 0) is 48.7 Å². The normalized spacial score (nSPS) is 10.2. The lowest BCUT2D eigenvalue weighted by Crippen LogP contribution is -2.25. The molecule has 0 unspecified atom stereocenters. The predicted octanol–water partition coefficient (Wildman–Crippen LogP) is 2.58. The second-order valence-corrected chi connectivity index (χ2v) is 4.62. The van der Waals surface area contributed by atoms with E-state index in [1.807, 2.05) is 19.1 Å². The van der Waals surface area contributed by atoms with E-state index >= 15 is 0 Å². The van der Waals surface area contributed by atoms with Gasteiger partial charge in [0.15, 0.2) is 17.3 Å². The summed E-state index contributed by atoms with van der Waals surface area (Å²) in [6.45, 7) is 2.53. The Bertz CT molecular complexity index is 605. The first-order chi connectivity index (χ1) is 10.2. The smallest absolute Gasteiger partial charge is 0.286 e. The monoisotopic (exact) mass is 289 g/mol. The highest BCUT2D eigenvalue weighted by molar-refractivity contribution is 5.91. The number of aryl methyl sites for hydroxylation is 1. The molecular weight excluding hydrogens is 270 g/mol. The van der Waals surface area contributed by atoms with Crippen LogP contribution in [-0.2, 0) is 6.42 Å². The van der Waals surface area contributed by atoms with Gasteiger partial charge < -0.3 is 19.2 Å². The minimum Gasteiger partial charge on any atom is -0.493 e. The fraction of sp³-hybridized carbons (Fsp3) is 0.312. The van der Waals surface area contributed by atoms with Gasteiger partial charge in [-0.15, -0.1) is 0 Å². The van der Waals surface area contributed by atoms with Gasteiger partial charge in [0, 0.05) is 6.54 Å². The van der Waals surface area contributed by atoms with Gasteiger partial charge in [0.05, 0.1) is 20.5 Å². The van der Waals surface area contributed by atoms with Crippen LogP contribution in [0, 0.1) is 6.92 Å². The highest BCUT2D eigenvalue weighted by Crippen LogP contribution is 2.30. The molecule has 0 aliphatic rings. The van der Waals surface area contributed by atoms with E-state index in [1.165, 1.54) is 6.26 Å². The molecule has 1 aromatic heterocycles. The molecule has 0 spiro atoms. The zero-order chi connectivity index (χ0) is 15.2. The van der Waals surface area contributed by atoms with E-state index in [9.17, 15) is 4.79 Å². The number of carbonyl (C=O) groups excluding carboxylic acids is 1. The fourth-order valence-electron chi connectivity index (χ4n) is 2.10. The van der Waals surface area contributed by atoms with Crippen LogP contribution in [0.1, 0.15) is 21.7 Å². The van der Waals surface area contributed by atoms with E-state index in [0.29, 0.717) is 30.2 Å². The van der Waals surface area contributed by atoms with Gasteiger partial charge in [-0.25, -0.2) is 0 Å². The van der Waals surface area contributed by atoms with Crippen LogP contribution in [-0.4, -0.2) is 26.7 Å². The van der Waals surface area contributed by atoms with Crippen molar-refractivity contribution in [3.8, 4) is 11.5 Å². The van der Waals surface area contributed by atoms with E-state index in [-0.39, 0.29) is 5.91 Å². The molecule has 1 aromatic carbocycles. The molecule has 0 saturated heterocycles. The van der Waals surface area contributed by atoms with E-state index in [4.69, 9.17) is 13.9 Å². The predicted molar refractivity (Wildman–Crippen MR) is 79.0 cm³/mol. The number of hydrogen-bond donors (Lipinski definition) is 1. The summed E-state index contributed by atoms with van der Waals surface area (Å²) in [6.07, 6.45) is 2.19. The minimum atomic E-state index is -0.210. The van der Waals surface area contributed by atoms with Crippen molar-refractivity contribution in [3.05, 3.63) is 47.4 Å². The largest absolute Gasteiger partial charge is 0.493 e. The van der Waals surface area contributed by atoms with E-state index in [1.54, 1.807) is 26.4 Å². The molecule has 0 aliphatic carbocycles. The van der Waals surface area contributed by atoms with Crippen LogP contribution < -0.4 is 14.8 Å². The molecule has 5 heteroatoms. The maximum Gasteiger partial charge on any atom is 0.286 e. The lowest BCUT2D eigenvalue weighted by Gasteiger charge is -2.13. The third kappa shape index (κ3) is 3.56. The molecule has 112 valence electrons. The van der Waals surface area contributed by atoms with Crippen LogP contribution in [0.25, 0.3) is 0 Å². The van der Waals surface area contributed by atoms with Crippen molar-refractivity contribution in [2.24, 2.45) is 0 Å². The van der Waals surface area contributed by atoms with Gasteiger partial charge in [0.25, 0.3) is 5.91 Å². The summed E-state index contributed by atoms with van der Waals surface area (Å²) in [4.78, 5) is 11.8. The maximum absolute atomic E-state index is 11.8. The van der Waals surface area contributed by atoms with Crippen LogP contribution in [0.4, 0.5) is 0 Å². The van der Waals surface area contributed by atoms with Crippen molar-refractivity contribution in [3.63, 3.8) is 0 Å². The number of rotatable bonds is 6. The summed E-state index contributed by atoms with van der Waals surface area (Å²) in [6, 6.07) is 7.19. The zero-order valence-electron chi connectivity index (χ0n) is 12.4. The van der Waals surface area contributed by atoms with Gasteiger partial charge >= 0.3 is 0 Å². The van der Waals surface area contributed by atoms with Crippen LogP contribution in [0.5, 0.6) is 11.5 Å². The highest BCUT2D eigenvalue weighted by Gasteiger charge is 2.10. The van der Waals surface area contributed by atoms with Crippen molar-refractivity contribution < 1.29 is 18.7 Å². The molecule has 1 N–H and O–H groups in total. The molecule has 2 rings (SSSR count). The summed E-state index contributed by atoms with van der Waals surface area (Å²) in [5, 5.41) is 2.82. The number of amides is 1. The fourth-order valence-corrected chi connectivity index (χ4v) is 2.10. The van der Waals surface area contributed by atoms with Gasteiger partial charge in [0.1, 0.15) is 0 Å². The van der Waals surface area contributed by atoms with Crippen molar-refractivity contribution >= 4 is 5.91 Å². The standard InChI is InChI=1S/C16H19NO4/c1-11-9-14(19-2)15(20-3)10-12(11)6-7-17-16(18)13-5-4-8-21-13/h4-5,8-10H,6-7H2,1-3H3,(H,17,18). The van der Waals surface area contributed by atoms with Crippen molar-refractivity contribution in [2.45, 2.75) is 13.3 Å². The molecular formula is C16H19NO4. The van der Waals surface area contributed by atoms with Gasteiger partial charge in [-0.3, -0.25) is 4.79 Å². The molecule has 0 atom stereocenters. The maximum atomic E-state index is 11.8. The Kier molecular flexibility index (Phi) is 4.87. The average Bonchev–Trinajstić information content (AvgIpc) is 3.02. The molecule has 1 heterocycles. The topological polar surface area (TPSA) is 60.7 Å². The van der Waals surface area contributed by atoms with Crippen molar-refractivity contribution in [1.82, 2.24) is 5.32 Å². The quantitative estimate of drug-likeness (QED) is 0.888. The van der Waals surface area contributed by atoms with E-state index in [2.05, 4.69) is 5.32 Å². The molecule has 21 heavy (non-hydrogen) atoms. The lowest BCUT2D eigenvalue weighted by molar-refractivity contribution is 0.0926. The number of carbonyl (C=O) groups is 1. The summed E-state index contributed by atoms with van der Waals surface area (Å²) in [7, 11) is 3.22. The highest BCUT2D eigenvalue weighted by atomic mass is 16.5. The van der Waals surface area contributed by atoms with E-state index < -0.39 is 0 Å². The molecule has 2 aromatic rings. The number of nitrogens with one attached hydrogen (secondary N) is 1. The van der Waals surface area contributed by atoms with Crippen molar-refractivity contribution in [2.75, 3.05) is 20.8 Å². The molecule has 0 radical (unpaired) electrons. The lowest BCUT2D eigenvalue weighted by atomic mass is 10.0. The SMILES string of the molecule is COc1cc(C)c(CCNC(=O)c2ccco2)cc1OC. The van der Waals surface area contributed by atoms with Crippen LogP contribution in [0.2, 0.25) is 0 Å². The second-order valence-electron chi connectivity index (χ2n) is 4.62. The minimum absolute atomic E-state index is 0.210. The third-order valence-corrected chi connectivity index (χ3v) is 3.27. The second kappa shape index (κ2) is 6.83. The Morgan fingerprint density at radius 2 is 1.95 bits per heavy atom. The van der Waals surface area contributed by atoms with E-state index in [0.717, 1.165) is 11.1 Å². The number of furan rings is 1. The molecule has 0 aliphatic heterocycles. The number of hydrogen-bond acceptors (Lipinski definition) is 4. The summed E-state index contributed by atoms with van der Waals surface area (Å²) < 4.78 is 15.6. The van der Waals surface area contributed by atoms with Crippen molar-refractivity contribution in [1.29, 1.82) is 0 Å². The average molecular weight is 289 g/mol. The Balaban J connectivity index is 1.98. The Labute approximate surface area is 123 Å². The number of ether oxygens (including phenoxy) is 2. The third-order valence-electron chi connectivity index (χ3n) is 3.27. The molecule has 5 nitrogen and oxygen atoms in total. The van der Waals surface area contributed by atoms with Crippen LogP contribution in [0.3, 0.4) is 0 Å². The first kappa shape index (κ1) is 15.0. The summed E-state index contributed by atoms with van der Waals surface area (Å²) in [5.74, 6) is 1.51. The number of benzene rings is 1. The first-order valence-corrected chi connectivity index (χ1v) is 6.69. The molecule has 1 amide bonds. The van der Waals surface area contributed by atoms with Gasteiger partial charge in [-0.1, -0.05) is 0 Å².